The number of aromatic nitrogens is 4. The van der Waals surface area contributed by atoms with Gasteiger partial charge in [-0.25, -0.2) is 15.0 Å². The Morgan fingerprint density at radius 2 is 0.857 bits per heavy atom. The fourth-order valence-corrected chi connectivity index (χ4v) is 9.15. The van der Waals surface area contributed by atoms with Gasteiger partial charge in [-0.15, -0.1) is 0 Å². The van der Waals surface area contributed by atoms with Crippen LogP contribution in [-0.4, -0.2) is 19.9 Å². The first-order valence-corrected chi connectivity index (χ1v) is 20.9. The van der Waals surface area contributed by atoms with Crippen LogP contribution in [0, 0.1) is 0 Å². The Hall–Kier alpha value is -8.68. The minimum Gasteiger partial charge on any atom is -0.456 e. The topological polar surface area (TPSA) is 91.0 Å². The molecule has 0 aliphatic rings. The second-order valence-corrected chi connectivity index (χ2v) is 15.7. The molecule has 0 saturated carbocycles. The molecule has 7 nitrogen and oxygen atoms in total. The van der Waals surface area contributed by atoms with Crippen molar-refractivity contribution in [3.8, 4) is 67.5 Å². The SMILES string of the molecule is c1cncc(-c2ccccc2-c2nc(-c3ccc(-c4ccc(-c5cccc6oc7ccccc7c56)c5c4oc4ccccc45)cc3)nc(-c3ccc4c(c3)oc3ccccc34)n2)c1. The number of furan rings is 3. The molecule has 0 unspecified atom stereocenters. The third kappa shape index (κ3) is 5.67. The number of pyridine rings is 1. The summed E-state index contributed by atoms with van der Waals surface area (Å²) in [5.41, 5.74) is 13.7. The van der Waals surface area contributed by atoms with Crippen LogP contribution in [0.2, 0.25) is 0 Å². The lowest BCUT2D eigenvalue weighted by Crippen LogP contribution is -2.01. The molecular weight excluding hydrogens is 777 g/mol. The van der Waals surface area contributed by atoms with Crippen molar-refractivity contribution in [1.29, 1.82) is 0 Å². The van der Waals surface area contributed by atoms with Crippen molar-refractivity contribution in [3.63, 3.8) is 0 Å². The minimum atomic E-state index is 0.544. The Kier molecular flexibility index (Phi) is 7.77. The summed E-state index contributed by atoms with van der Waals surface area (Å²) in [6, 6.07) is 61.9. The van der Waals surface area contributed by atoms with Gasteiger partial charge in [-0.3, -0.25) is 4.98 Å². The Morgan fingerprint density at radius 3 is 1.65 bits per heavy atom. The Morgan fingerprint density at radius 1 is 0.302 bits per heavy atom. The van der Waals surface area contributed by atoms with Gasteiger partial charge in [-0.1, -0.05) is 133 Å². The number of fused-ring (bicyclic) bond motifs is 9. The molecule has 0 fully saturated rings. The van der Waals surface area contributed by atoms with Crippen LogP contribution in [0.5, 0.6) is 0 Å². The van der Waals surface area contributed by atoms with Crippen LogP contribution in [0.1, 0.15) is 0 Å². The summed E-state index contributed by atoms with van der Waals surface area (Å²) in [6.07, 6.45) is 3.64. The van der Waals surface area contributed by atoms with Gasteiger partial charge in [0.25, 0.3) is 0 Å². The smallest absolute Gasteiger partial charge is 0.164 e. The van der Waals surface area contributed by atoms with E-state index in [9.17, 15) is 0 Å². The molecular formula is C56H32N4O3. The molecule has 0 N–H and O–H groups in total. The largest absolute Gasteiger partial charge is 0.456 e. The Bertz CT molecular complexity index is 3920. The van der Waals surface area contributed by atoms with Crippen molar-refractivity contribution in [3.05, 3.63) is 194 Å². The van der Waals surface area contributed by atoms with Crippen molar-refractivity contribution in [1.82, 2.24) is 19.9 Å². The highest BCUT2D eigenvalue weighted by Gasteiger charge is 2.22. The first kappa shape index (κ1) is 35.1. The fourth-order valence-electron chi connectivity index (χ4n) is 9.15. The quantitative estimate of drug-likeness (QED) is 0.165. The van der Waals surface area contributed by atoms with E-state index in [0.29, 0.717) is 17.5 Å². The van der Waals surface area contributed by atoms with E-state index in [2.05, 4.69) is 114 Å². The molecule has 0 aliphatic carbocycles. The fraction of sp³-hybridized carbons (Fsp3) is 0. The zero-order valence-corrected chi connectivity index (χ0v) is 33.5. The summed E-state index contributed by atoms with van der Waals surface area (Å²) in [4.78, 5) is 19.8. The van der Waals surface area contributed by atoms with Crippen molar-refractivity contribution < 1.29 is 13.3 Å². The number of hydrogen-bond acceptors (Lipinski definition) is 7. The average Bonchev–Trinajstić information content (AvgIpc) is 4.05. The minimum absolute atomic E-state index is 0.544. The van der Waals surface area contributed by atoms with E-state index in [-0.39, 0.29) is 0 Å². The van der Waals surface area contributed by atoms with E-state index in [4.69, 9.17) is 28.2 Å². The average molecular weight is 809 g/mol. The van der Waals surface area contributed by atoms with Gasteiger partial charge in [0.15, 0.2) is 17.5 Å². The van der Waals surface area contributed by atoms with Gasteiger partial charge in [0.1, 0.15) is 33.5 Å². The van der Waals surface area contributed by atoms with Crippen LogP contribution in [0.25, 0.3) is 133 Å². The molecule has 0 amide bonds. The maximum atomic E-state index is 6.75. The lowest BCUT2D eigenvalue weighted by atomic mass is 9.92. The Labute approximate surface area is 359 Å². The molecule has 5 heterocycles. The third-order valence-corrected chi connectivity index (χ3v) is 12.1. The predicted molar refractivity (Wildman–Crippen MR) is 252 cm³/mol. The summed E-state index contributed by atoms with van der Waals surface area (Å²) in [6.45, 7) is 0. The second kappa shape index (κ2) is 13.9. The van der Waals surface area contributed by atoms with Crippen molar-refractivity contribution in [2.75, 3.05) is 0 Å². The summed E-state index contributed by atoms with van der Waals surface area (Å²) >= 11 is 0. The van der Waals surface area contributed by atoms with E-state index < -0.39 is 0 Å². The summed E-state index contributed by atoms with van der Waals surface area (Å²) < 4.78 is 19.4. The lowest BCUT2D eigenvalue weighted by Gasteiger charge is -2.12. The van der Waals surface area contributed by atoms with Gasteiger partial charge in [0.05, 0.1) is 0 Å². The van der Waals surface area contributed by atoms with Crippen molar-refractivity contribution in [2.45, 2.75) is 0 Å². The molecule has 0 saturated heterocycles. The first-order valence-electron chi connectivity index (χ1n) is 20.9. The van der Waals surface area contributed by atoms with Crippen molar-refractivity contribution in [2.24, 2.45) is 0 Å². The van der Waals surface area contributed by atoms with Gasteiger partial charge in [-0.05, 0) is 70.8 Å². The highest BCUT2D eigenvalue weighted by atomic mass is 16.3. The summed E-state index contributed by atoms with van der Waals surface area (Å²) in [7, 11) is 0. The van der Waals surface area contributed by atoms with Gasteiger partial charge in [-0.2, -0.15) is 0 Å². The molecule has 5 aromatic heterocycles. The van der Waals surface area contributed by atoms with Gasteiger partial charge < -0.3 is 13.3 Å². The van der Waals surface area contributed by atoms with Gasteiger partial charge in [0.2, 0.25) is 0 Å². The standard InChI is InChI=1S/C56H32N4O3/c1-2-14-43(37(12-1)36-11-10-30-57-32-36)56-59-54(58-55(60-56)35-26-27-40-39-13-3-6-18-46(39)62-50(40)31-35)34-24-22-33(23-25-34)38-28-29-42(52-45-16-5-8-20-48(45)63-53(38)52)41-17-9-21-49-51(41)44-15-4-7-19-47(44)61-49/h1-32H. The van der Waals surface area contributed by atoms with Crippen LogP contribution in [0.15, 0.2) is 208 Å². The van der Waals surface area contributed by atoms with E-state index in [1.54, 1.807) is 6.20 Å². The molecule has 8 aromatic carbocycles. The summed E-state index contributed by atoms with van der Waals surface area (Å²) in [5, 5.41) is 6.41. The van der Waals surface area contributed by atoms with E-state index in [1.165, 1.54) is 0 Å². The van der Waals surface area contributed by atoms with Crippen LogP contribution >= 0.6 is 0 Å². The lowest BCUT2D eigenvalue weighted by molar-refractivity contribution is 0.668. The predicted octanol–water partition coefficient (Wildman–Crippen LogP) is 15.0. The molecule has 0 bridgehead atoms. The molecule has 0 atom stereocenters. The van der Waals surface area contributed by atoms with Crippen LogP contribution in [-0.2, 0) is 0 Å². The number of para-hydroxylation sites is 3. The molecule has 63 heavy (non-hydrogen) atoms. The molecule has 0 spiro atoms. The molecule has 13 rings (SSSR count). The molecule has 0 radical (unpaired) electrons. The van der Waals surface area contributed by atoms with Gasteiger partial charge >= 0.3 is 0 Å². The number of benzene rings is 8. The molecule has 294 valence electrons. The monoisotopic (exact) mass is 808 g/mol. The van der Waals surface area contributed by atoms with E-state index in [0.717, 1.165) is 116 Å². The first-order chi connectivity index (χ1) is 31.2. The Balaban J connectivity index is 0.960. The third-order valence-electron chi connectivity index (χ3n) is 12.1. The number of rotatable bonds is 6. The van der Waals surface area contributed by atoms with Crippen LogP contribution in [0.4, 0.5) is 0 Å². The molecule has 7 heteroatoms. The number of nitrogens with zero attached hydrogens (tertiary/aromatic N) is 4. The highest BCUT2D eigenvalue weighted by Crippen LogP contribution is 2.45. The second-order valence-electron chi connectivity index (χ2n) is 15.7. The van der Waals surface area contributed by atoms with Crippen LogP contribution < -0.4 is 0 Å². The molecule has 0 aliphatic heterocycles. The zero-order valence-electron chi connectivity index (χ0n) is 33.5. The maximum Gasteiger partial charge on any atom is 0.164 e. The highest BCUT2D eigenvalue weighted by molar-refractivity contribution is 6.21. The summed E-state index contributed by atoms with van der Waals surface area (Å²) in [5.74, 6) is 1.66. The van der Waals surface area contributed by atoms with Crippen LogP contribution in [0.3, 0.4) is 0 Å². The molecule has 13 aromatic rings. The van der Waals surface area contributed by atoms with Crippen molar-refractivity contribution >= 4 is 65.8 Å². The van der Waals surface area contributed by atoms with E-state index in [1.807, 2.05) is 79.0 Å². The van der Waals surface area contributed by atoms with E-state index >= 15 is 0 Å². The number of hydrogen-bond donors (Lipinski definition) is 0. The normalized spacial score (nSPS) is 11.8. The zero-order chi connectivity index (χ0) is 41.4. The maximum absolute atomic E-state index is 6.75. The van der Waals surface area contributed by atoms with Gasteiger partial charge in [0, 0.05) is 72.5 Å².